The van der Waals surface area contributed by atoms with Crippen molar-refractivity contribution >= 4 is 21.7 Å². The van der Waals surface area contributed by atoms with Gasteiger partial charge in [0.2, 0.25) is 10.0 Å². The molecule has 10 nitrogen and oxygen atoms in total. The van der Waals surface area contributed by atoms with Crippen LogP contribution in [0, 0.1) is 5.82 Å². The molecular weight excluding hydrogens is 487 g/mol. The van der Waals surface area contributed by atoms with E-state index in [9.17, 15) is 12.8 Å². The van der Waals surface area contributed by atoms with Crippen molar-refractivity contribution in [3.63, 3.8) is 0 Å². The number of ether oxygens (including phenoxy) is 2. The van der Waals surface area contributed by atoms with E-state index >= 15 is 0 Å². The summed E-state index contributed by atoms with van der Waals surface area (Å²) in [4.78, 5) is 6.57. The summed E-state index contributed by atoms with van der Waals surface area (Å²) in [5.74, 6) is 1.09. The molecule has 0 N–H and O–H groups in total. The number of hydrogen-bond acceptors (Lipinski definition) is 9. The average Bonchev–Trinajstić information content (AvgIpc) is 3.42. The molecule has 1 unspecified atom stereocenters. The summed E-state index contributed by atoms with van der Waals surface area (Å²) < 4.78 is 52.3. The summed E-state index contributed by atoms with van der Waals surface area (Å²) in [7, 11) is -2.51. The van der Waals surface area contributed by atoms with Crippen LogP contribution in [0.2, 0.25) is 0 Å². The second-order valence-electron chi connectivity index (χ2n) is 9.36. The minimum Gasteiger partial charge on any atom is -0.495 e. The fourth-order valence-electron chi connectivity index (χ4n) is 5.04. The zero-order valence-corrected chi connectivity index (χ0v) is 21.4. The van der Waals surface area contributed by atoms with Crippen LogP contribution >= 0.6 is 0 Å². The van der Waals surface area contributed by atoms with Crippen molar-refractivity contribution in [3.05, 3.63) is 36.1 Å². The van der Waals surface area contributed by atoms with Gasteiger partial charge in [0, 0.05) is 65.5 Å². The SMILES string of the molecule is COc1ccc(F)cc1S(=O)(=O)N1CCN(c2ccc(N3CCN(CC4CCCO4)CC3)nn2)CC1. The maximum atomic E-state index is 13.8. The van der Waals surface area contributed by atoms with E-state index in [0.29, 0.717) is 19.2 Å². The first-order chi connectivity index (χ1) is 17.4. The number of rotatable bonds is 7. The average molecular weight is 521 g/mol. The maximum absolute atomic E-state index is 13.8. The highest BCUT2D eigenvalue weighted by atomic mass is 32.2. The Labute approximate surface area is 211 Å². The molecule has 36 heavy (non-hydrogen) atoms. The summed E-state index contributed by atoms with van der Waals surface area (Å²) >= 11 is 0. The third kappa shape index (κ3) is 5.41. The number of sulfonamides is 1. The molecule has 0 spiro atoms. The summed E-state index contributed by atoms with van der Waals surface area (Å²) in [6.45, 7) is 7.12. The number of halogens is 1. The van der Waals surface area contributed by atoms with E-state index in [1.807, 2.05) is 17.0 Å². The van der Waals surface area contributed by atoms with Crippen LogP contribution in [0.4, 0.5) is 16.0 Å². The van der Waals surface area contributed by atoms with E-state index in [-0.39, 0.29) is 23.7 Å². The predicted octanol–water partition coefficient (Wildman–Crippen LogP) is 1.44. The van der Waals surface area contributed by atoms with Gasteiger partial charge in [-0.1, -0.05) is 0 Å². The number of hydrogen-bond donors (Lipinski definition) is 0. The summed E-state index contributed by atoms with van der Waals surface area (Å²) in [6, 6.07) is 7.45. The van der Waals surface area contributed by atoms with Gasteiger partial charge >= 0.3 is 0 Å². The van der Waals surface area contributed by atoms with Gasteiger partial charge in [-0.15, -0.1) is 10.2 Å². The van der Waals surface area contributed by atoms with Crippen molar-refractivity contribution in [2.45, 2.75) is 23.8 Å². The number of nitrogens with zero attached hydrogens (tertiary/aromatic N) is 6. The highest BCUT2D eigenvalue weighted by molar-refractivity contribution is 7.89. The van der Waals surface area contributed by atoms with Crippen molar-refractivity contribution in [2.75, 3.05) is 82.4 Å². The lowest BCUT2D eigenvalue weighted by Crippen LogP contribution is -2.49. The van der Waals surface area contributed by atoms with Gasteiger partial charge in [0.05, 0.1) is 13.2 Å². The normalized spacial score (nSPS) is 22.2. The Morgan fingerprint density at radius 3 is 2.17 bits per heavy atom. The molecule has 3 aliphatic rings. The maximum Gasteiger partial charge on any atom is 0.246 e. The van der Waals surface area contributed by atoms with Crippen LogP contribution in [0.25, 0.3) is 0 Å². The van der Waals surface area contributed by atoms with Crippen LogP contribution in [0.3, 0.4) is 0 Å². The lowest BCUT2D eigenvalue weighted by Gasteiger charge is -2.36. The molecule has 5 rings (SSSR count). The first kappa shape index (κ1) is 25.1. The van der Waals surface area contributed by atoms with Crippen LogP contribution in [0.15, 0.2) is 35.2 Å². The zero-order valence-electron chi connectivity index (χ0n) is 20.6. The molecule has 12 heteroatoms. The Morgan fingerprint density at radius 1 is 0.972 bits per heavy atom. The van der Waals surface area contributed by atoms with Gasteiger partial charge in [-0.3, -0.25) is 4.90 Å². The van der Waals surface area contributed by atoms with Gasteiger partial charge in [-0.25, -0.2) is 12.8 Å². The van der Waals surface area contributed by atoms with Crippen LogP contribution in [-0.2, 0) is 14.8 Å². The smallest absolute Gasteiger partial charge is 0.246 e. The van der Waals surface area contributed by atoms with Gasteiger partial charge in [0.15, 0.2) is 11.6 Å². The molecule has 0 amide bonds. The third-order valence-corrected chi connectivity index (χ3v) is 9.04. The fraction of sp³-hybridized carbons (Fsp3) is 0.583. The van der Waals surface area contributed by atoms with Crippen LogP contribution < -0.4 is 14.5 Å². The minimum atomic E-state index is -3.88. The molecule has 4 heterocycles. The molecule has 3 aliphatic heterocycles. The van der Waals surface area contributed by atoms with Crippen molar-refractivity contribution in [2.24, 2.45) is 0 Å². The summed E-state index contributed by atoms with van der Waals surface area (Å²) in [5, 5.41) is 8.88. The molecule has 0 aliphatic carbocycles. The number of methoxy groups -OCH3 is 1. The minimum absolute atomic E-state index is 0.132. The quantitative estimate of drug-likeness (QED) is 0.538. The van der Waals surface area contributed by atoms with E-state index in [0.717, 1.165) is 63.5 Å². The Kier molecular flexibility index (Phi) is 7.56. The number of benzene rings is 1. The molecule has 3 saturated heterocycles. The van der Waals surface area contributed by atoms with Crippen molar-refractivity contribution in [1.82, 2.24) is 19.4 Å². The molecule has 0 saturated carbocycles. The topological polar surface area (TPSA) is 91.3 Å². The molecule has 3 fully saturated rings. The Balaban J connectivity index is 1.15. The van der Waals surface area contributed by atoms with Crippen LogP contribution in [0.1, 0.15) is 12.8 Å². The molecule has 2 aromatic rings. The van der Waals surface area contributed by atoms with E-state index in [4.69, 9.17) is 9.47 Å². The Hall–Kier alpha value is -2.54. The number of piperazine rings is 2. The van der Waals surface area contributed by atoms with Crippen LogP contribution in [0.5, 0.6) is 5.75 Å². The molecular formula is C24H33FN6O4S. The van der Waals surface area contributed by atoms with E-state index in [1.165, 1.54) is 30.0 Å². The molecule has 1 aromatic carbocycles. The molecule has 1 atom stereocenters. The van der Waals surface area contributed by atoms with E-state index < -0.39 is 15.8 Å². The highest BCUT2D eigenvalue weighted by Crippen LogP contribution is 2.29. The monoisotopic (exact) mass is 520 g/mol. The lowest BCUT2D eigenvalue weighted by atomic mass is 10.2. The Morgan fingerprint density at radius 2 is 1.61 bits per heavy atom. The van der Waals surface area contributed by atoms with Crippen molar-refractivity contribution < 1.29 is 22.3 Å². The second-order valence-corrected chi connectivity index (χ2v) is 11.3. The second kappa shape index (κ2) is 10.8. The van der Waals surface area contributed by atoms with E-state index in [2.05, 4.69) is 20.0 Å². The Bertz CT molecular complexity index is 1130. The molecule has 0 radical (unpaired) electrons. The van der Waals surface area contributed by atoms with Crippen LogP contribution in [-0.4, -0.2) is 107 Å². The fourth-order valence-corrected chi connectivity index (χ4v) is 6.63. The summed E-state index contributed by atoms with van der Waals surface area (Å²) in [6.07, 6.45) is 2.70. The number of anilines is 2. The van der Waals surface area contributed by atoms with Gasteiger partial charge < -0.3 is 19.3 Å². The predicted molar refractivity (Wildman–Crippen MR) is 134 cm³/mol. The third-order valence-electron chi connectivity index (χ3n) is 7.12. The lowest BCUT2D eigenvalue weighted by molar-refractivity contribution is 0.0712. The first-order valence-electron chi connectivity index (χ1n) is 12.5. The molecule has 1 aromatic heterocycles. The summed E-state index contributed by atoms with van der Waals surface area (Å²) in [5.41, 5.74) is 0. The zero-order chi connectivity index (χ0) is 25.1. The van der Waals surface area contributed by atoms with Gasteiger partial charge in [-0.2, -0.15) is 4.31 Å². The van der Waals surface area contributed by atoms with Gasteiger partial charge in [-0.05, 0) is 43.2 Å². The van der Waals surface area contributed by atoms with Gasteiger partial charge in [0.25, 0.3) is 0 Å². The largest absolute Gasteiger partial charge is 0.495 e. The van der Waals surface area contributed by atoms with Crippen molar-refractivity contribution in [1.29, 1.82) is 0 Å². The first-order valence-corrected chi connectivity index (χ1v) is 13.9. The molecule has 196 valence electrons. The standard InChI is InChI=1S/C24H33FN6O4S/c1-34-21-5-4-19(25)17-22(21)36(32,33)31-14-12-30(13-15-31)24-7-6-23(26-27-24)29-10-8-28(9-11-29)18-20-3-2-16-35-20/h4-7,17,20H,2-3,8-16,18H2,1H3. The van der Waals surface area contributed by atoms with Gasteiger partial charge in [0.1, 0.15) is 16.5 Å². The molecule has 0 bridgehead atoms. The highest BCUT2D eigenvalue weighted by Gasteiger charge is 2.32. The van der Waals surface area contributed by atoms with Crippen molar-refractivity contribution in [3.8, 4) is 5.75 Å². The van der Waals surface area contributed by atoms with E-state index in [1.54, 1.807) is 0 Å². The number of aromatic nitrogens is 2.